The predicted octanol–water partition coefficient (Wildman–Crippen LogP) is 2.00. The Kier molecular flexibility index (Phi) is 7.32. The summed E-state index contributed by atoms with van der Waals surface area (Å²) in [4.78, 5) is 0. The third-order valence-corrected chi connectivity index (χ3v) is 5.65. The molecular formula is C14H29NO3S. The van der Waals surface area contributed by atoms with Crippen LogP contribution in [0.4, 0.5) is 0 Å². The molecule has 0 saturated carbocycles. The summed E-state index contributed by atoms with van der Waals surface area (Å²) in [6, 6.07) is 0. The Bertz CT molecular complexity index is 335. The van der Waals surface area contributed by atoms with Crippen molar-refractivity contribution in [1.82, 2.24) is 5.32 Å². The maximum Gasteiger partial charge on any atom is 0.150 e. The molecule has 114 valence electrons. The fourth-order valence-corrected chi connectivity index (χ4v) is 4.22. The van der Waals surface area contributed by atoms with Gasteiger partial charge in [0.2, 0.25) is 0 Å². The Balaban J connectivity index is 2.53. The van der Waals surface area contributed by atoms with Gasteiger partial charge in [-0.2, -0.15) is 0 Å². The van der Waals surface area contributed by atoms with Crippen LogP contribution >= 0.6 is 0 Å². The van der Waals surface area contributed by atoms with Crippen LogP contribution in [0.5, 0.6) is 0 Å². The van der Waals surface area contributed by atoms with Crippen molar-refractivity contribution in [3.8, 4) is 0 Å². The average Bonchev–Trinajstić information content (AvgIpc) is 2.38. The Labute approximate surface area is 118 Å². The van der Waals surface area contributed by atoms with Gasteiger partial charge in [0.15, 0.2) is 0 Å². The van der Waals surface area contributed by atoms with Crippen molar-refractivity contribution < 1.29 is 13.2 Å². The van der Waals surface area contributed by atoms with Crippen molar-refractivity contribution in [2.75, 3.05) is 37.8 Å². The van der Waals surface area contributed by atoms with E-state index in [0.29, 0.717) is 24.5 Å². The van der Waals surface area contributed by atoms with E-state index in [4.69, 9.17) is 4.74 Å². The zero-order valence-corrected chi connectivity index (χ0v) is 13.2. The summed E-state index contributed by atoms with van der Waals surface area (Å²) < 4.78 is 29.4. The molecular weight excluding hydrogens is 262 g/mol. The Morgan fingerprint density at radius 1 is 1.21 bits per heavy atom. The summed E-state index contributed by atoms with van der Waals surface area (Å²) in [5.41, 5.74) is 0.0221. The molecule has 0 bridgehead atoms. The van der Waals surface area contributed by atoms with Crippen LogP contribution in [0.15, 0.2) is 0 Å². The third kappa shape index (κ3) is 6.23. The van der Waals surface area contributed by atoms with Crippen LogP contribution in [0.1, 0.15) is 46.0 Å². The minimum absolute atomic E-state index is 0.0221. The SMILES string of the molecule is CCCNCC1(CCS(=O)(=O)CCC)CCCOC1. The van der Waals surface area contributed by atoms with Crippen molar-refractivity contribution in [2.24, 2.45) is 5.41 Å². The Hall–Kier alpha value is -0.130. The molecule has 1 saturated heterocycles. The normalized spacial score (nSPS) is 24.5. The number of ether oxygens (including phenoxy) is 1. The zero-order valence-electron chi connectivity index (χ0n) is 12.4. The standard InChI is InChI=1S/C14H29NO3S/c1-3-8-15-12-14(6-5-9-18-13-14)7-11-19(16,17)10-4-2/h15H,3-13H2,1-2H3. The van der Waals surface area contributed by atoms with Gasteiger partial charge in [-0.3, -0.25) is 0 Å². The second-order valence-electron chi connectivity index (χ2n) is 5.73. The number of hydrogen-bond acceptors (Lipinski definition) is 4. The fourth-order valence-electron chi connectivity index (χ4n) is 2.65. The molecule has 1 aliphatic rings. The molecule has 19 heavy (non-hydrogen) atoms. The topological polar surface area (TPSA) is 55.4 Å². The quantitative estimate of drug-likeness (QED) is 0.660. The van der Waals surface area contributed by atoms with Crippen LogP contribution in [0, 0.1) is 5.41 Å². The average molecular weight is 291 g/mol. The lowest BCUT2D eigenvalue weighted by atomic mass is 9.80. The van der Waals surface area contributed by atoms with Gasteiger partial charge in [-0.15, -0.1) is 0 Å². The second kappa shape index (κ2) is 8.22. The molecule has 0 radical (unpaired) electrons. The van der Waals surface area contributed by atoms with E-state index in [9.17, 15) is 8.42 Å². The number of hydrogen-bond donors (Lipinski definition) is 1. The molecule has 0 aliphatic carbocycles. The highest BCUT2D eigenvalue weighted by atomic mass is 32.2. The molecule has 1 aliphatic heterocycles. The van der Waals surface area contributed by atoms with Gasteiger partial charge in [0, 0.05) is 24.3 Å². The van der Waals surface area contributed by atoms with Crippen LogP contribution in [0.25, 0.3) is 0 Å². The van der Waals surface area contributed by atoms with Crippen molar-refractivity contribution in [3.63, 3.8) is 0 Å². The summed E-state index contributed by atoms with van der Waals surface area (Å²) in [6.45, 7) is 7.44. The van der Waals surface area contributed by atoms with E-state index in [-0.39, 0.29) is 5.41 Å². The van der Waals surface area contributed by atoms with E-state index in [1.165, 1.54) is 0 Å². The summed E-state index contributed by atoms with van der Waals surface area (Å²) in [5.74, 6) is 0.615. The minimum atomic E-state index is -2.88. The van der Waals surface area contributed by atoms with Gasteiger partial charge in [-0.25, -0.2) is 8.42 Å². The first-order valence-electron chi connectivity index (χ1n) is 7.52. The fraction of sp³-hybridized carbons (Fsp3) is 1.00. The molecule has 1 heterocycles. The minimum Gasteiger partial charge on any atom is -0.381 e. The first-order valence-corrected chi connectivity index (χ1v) is 9.34. The lowest BCUT2D eigenvalue weighted by molar-refractivity contribution is -0.00884. The molecule has 0 spiro atoms. The van der Waals surface area contributed by atoms with Gasteiger partial charge in [0.25, 0.3) is 0 Å². The molecule has 5 heteroatoms. The molecule has 1 unspecified atom stereocenters. The van der Waals surface area contributed by atoms with Crippen molar-refractivity contribution in [1.29, 1.82) is 0 Å². The van der Waals surface area contributed by atoms with Crippen molar-refractivity contribution in [3.05, 3.63) is 0 Å². The zero-order chi connectivity index (χ0) is 14.2. The molecule has 0 aromatic carbocycles. The Morgan fingerprint density at radius 2 is 2.00 bits per heavy atom. The third-order valence-electron chi connectivity index (χ3n) is 3.79. The second-order valence-corrected chi connectivity index (χ2v) is 8.04. The van der Waals surface area contributed by atoms with Crippen LogP contribution in [0.3, 0.4) is 0 Å². The van der Waals surface area contributed by atoms with E-state index in [1.807, 2.05) is 6.92 Å². The number of sulfone groups is 1. The van der Waals surface area contributed by atoms with Gasteiger partial charge in [-0.1, -0.05) is 13.8 Å². The van der Waals surface area contributed by atoms with Gasteiger partial charge < -0.3 is 10.1 Å². The highest BCUT2D eigenvalue weighted by Crippen LogP contribution is 2.32. The molecule has 1 fully saturated rings. The summed E-state index contributed by atoms with van der Waals surface area (Å²) in [7, 11) is -2.88. The maximum absolute atomic E-state index is 11.9. The first-order chi connectivity index (χ1) is 9.04. The van der Waals surface area contributed by atoms with E-state index in [1.54, 1.807) is 0 Å². The van der Waals surface area contributed by atoms with E-state index in [2.05, 4.69) is 12.2 Å². The van der Waals surface area contributed by atoms with E-state index in [0.717, 1.165) is 45.4 Å². The number of nitrogens with one attached hydrogen (secondary N) is 1. The van der Waals surface area contributed by atoms with E-state index >= 15 is 0 Å². The highest BCUT2D eigenvalue weighted by Gasteiger charge is 2.33. The van der Waals surface area contributed by atoms with Gasteiger partial charge in [0.05, 0.1) is 12.4 Å². The van der Waals surface area contributed by atoms with Gasteiger partial charge in [-0.05, 0) is 38.6 Å². The summed E-state index contributed by atoms with van der Waals surface area (Å²) in [6.07, 6.45) is 4.66. The molecule has 4 nitrogen and oxygen atoms in total. The molecule has 1 rings (SSSR count). The largest absolute Gasteiger partial charge is 0.381 e. The van der Waals surface area contributed by atoms with Crippen LogP contribution in [-0.4, -0.2) is 46.2 Å². The lowest BCUT2D eigenvalue weighted by Gasteiger charge is -2.37. The molecule has 0 aromatic rings. The predicted molar refractivity (Wildman–Crippen MR) is 79.2 cm³/mol. The molecule has 1 N–H and O–H groups in total. The van der Waals surface area contributed by atoms with Crippen LogP contribution < -0.4 is 5.32 Å². The first kappa shape index (κ1) is 16.9. The van der Waals surface area contributed by atoms with E-state index < -0.39 is 9.84 Å². The lowest BCUT2D eigenvalue weighted by Crippen LogP contribution is -2.42. The molecule has 0 amide bonds. The summed E-state index contributed by atoms with van der Waals surface area (Å²) >= 11 is 0. The number of rotatable bonds is 9. The van der Waals surface area contributed by atoms with Crippen LogP contribution in [0.2, 0.25) is 0 Å². The smallest absolute Gasteiger partial charge is 0.150 e. The van der Waals surface area contributed by atoms with Gasteiger partial charge >= 0.3 is 0 Å². The van der Waals surface area contributed by atoms with Crippen LogP contribution in [-0.2, 0) is 14.6 Å². The highest BCUT2D eigenvalue weighted by molar-refractivity contribution is 7.91. The maximum atomic E-state index is 11.9. The monoisotopic (exact) mass is 291 g/mol. The van der Waals surface area contributed by atoms with Gasteiger partial charge in [0.1, 0.15) is 9.84 Å². The Morgan fingerprint density at radius 3 is 2.58 bits per heavy atom. The summed E-state index contributed by atoms with van der Waals surface area (Å²) in [5, 5.41) is 3.44. The molecule has 0 aromatic heterocycles. The molecule has 1 atom stereocenters. The van der Waals surface area contributed by atoms with Crippen molar-refractivity contribution >= 4 is 9.84 Å². The van der Waals surface area contributed by atoms with Crippen molar-refractivity contribution in [2.45, 2.75) is 46.0 Å².